The fourth-order valence-corrected chi connectivity index (χ4v) is 0.922. The van der Waals surface area contributed by atoms with Gasteiger partial charge in [0.1, 0.15) is 11.5 Å². The van der Waals surface area contributed by atoms with Crippen molar-refractivity contribution < 1.29 is 0 Å². The van der Waals surface area contributed by atoms with Gasteiger partial charge in [0.2, 0.25) is 0 Å². The summed E-state index contributed by atoms with van der Waals surface area (Å²) in [5, 5.41) is 0. The Morgan fingerprint density at radius 3 is 2.75 bits per heavy atom. The van der Waals surface area contributed by atoms with Crippen molar-refractivity contribution in [1.29, 1.82) is 0 Å². The molecule has 0 aliphatic rings. The number of aromatic nitrogens is 1. The first-order valence-corrected chi connectivity index (χ1v) is 3.87. The van der Waals surface area contributed by atoms with Crippen molar-refractivity contribution in [3.63, 3.8) is 0 Å². The molecule has 0 aromatic carbocycles. The smallest absolute Gasteiger partial charge is 0.149 e. The maximum atomic E-state index is 5.56. The molecule has 0 aliphatic carbocycles. The first-order chi connectivity index (χ1) is 5.65. The molecule has 0 saturated heterocycles. The van der Waals surface area contributed by atoms with Gasteiger partial charge in [-0.3, -0.25) is 4.99 Å². The molecule has 0 radical (unpaired) electrons. The lowest BCUT2D eigenvalue weighted by atomic mass is 10.1. The summed E-state index contributed by atoms with van der Waals surface area (Å²) >= 11 is 0. The molecular weight excluding hydrogens is 150 g/mol. The van der Waals surface area contributed by atoms with Crippen LogP contribution in [-0.2, 0) is 0 Å². The van der Waals surface area contributed by atoms with E-state index in [4.69, 9.17) is 5.73 Å². The normalized spacial score (nSPS) is 10.2. The van der Waals surface area contributed by atoms with Crippen molar-refractivity contribution in [1.82, 2.24) is 4.98 Å². The zero-order valence-electron chi connectivity index (χ0n) is 7.41. The highest BCUT2D eigenvalue weighted by atomic mass is 14.9. The fourth-order valence-electron chi connectivity index (χ4n) is 0.922. The van der Waals surface area contributed by atoms with E-state index in [1.807, 2.05) is 6.07 Å². The monoisotopic (exact) mass is 163 g/mol. The van der Waals surface area contributed by atoms with Gasteiger partial charge in [-0.1, -0.05) is 13.8 Å². The highest BCUT2D eigenvalue weighted by molar-refractivity contribution is 5.61. The highest BCUT2D eigenvalue weighted by Gasteiger charge is 2.03. The number of anilines is 1. The number of rotatable bonds is 2. The van der Waals surface area contributed by atoms with Gasteiger partial charge in [0.05, 0.1) is 0 Å². The Kier molecular flexibility index (Phi) is 2.43. The molecule has 0 spiro atoms. The lowest BCUT2D eigenvalue weighted by Gasteiger charge is -2.06. The molecule has 3 nitrogen and oxygen atoms in total. The molecule has 0 fully saturated rings. The van der Waals surface area contributed by atoms with E-state index < -0.39 is 0 Å². The van der Waals surface area contributed by atoms with Gasteiger partial charge in [0.25, 0.3) is 0 Å². The summed E-state index contributed by atoms with van der Waals surface area (Å²) in [5.41, 5.74) is 7.35. The van der Waals surface area contributed by atoms with Crippen LogP contribution in [0.5, 0.6) is 0 Å². The van der Waals surface area contributed by atoms with Crippen LogP contribution in [0.25, 0.3) is 0 Å². The van der Waals surface area contributed by atoms with E-state index in [0.717, 1.165) is 5.56 Å². The molecule has 0 aliphatic heterocycles. The van der Waals surface area contributed by atoms with Crippen molar-refractivity contribution in [2.45, 2.75) is 19.8 Å². The molecule has 1 aromatic heterocycles. The van der Waals surface area contributed by atoms with E-state index in [-0.39, 0.29) is 0 Å². The molecule has 0 unspecified atom stereocenters. The molecule has 1 aromatic rings. The van der Waals surface area contributed by atoms with Crippen LogP contribution in [0.1, 0.15) is 25.3 Å². The van der Waals surface area contributed by atoms with Crippen LogP contribution < -0.4 is 5.73 Å². The van der Waals surface area contributed by atoms with Crippen molar-refractivity contribution in [2.75, 3.05) is 5.73 Å². The zero-order chi connectivity index (χ0) is 9.14. The van der Waals surface area contributed by atoms with Crippen LogP contribution in [0.15, 0.2) is 17.3 Å². The van der Waals surface area contributed by atoms with Crippen LogP contribution >= 0.6 is 0 Å². The number of nitrogens with two attached hydrogens (primary N) is 1. The Bertz CT molecular complexity index is 292. The molecule has 1 heterocycles. The van der Waals surface area contributed by atoms with Crippen molar-refractivity contribution in [3.05, 3.63) is 17.8 Å². The van der Waals surface area contributed by atoms with E-state index in [9.17, 15) is 0 Å². The molecule has 3 heteroatoms. The summed E-state index contributed by atoms with van der Waals surface area (Å²) in [5.74, 6) is 0.882. The summed E-state index contributed by atoms with van der Waals surface area (Å²) in [4.78, 5) is 7.79. The predicted octanol–water partition coefficient (Wildman–Crippen LogP) is 2.12. The summed E-state index contributed by atoms with van der Waals surface area (Å²) < 4.78 is 0. The lowest BCUT2D eigenvalue weighted by Crippen LogP contribution is -1.94. The minimum absolute atomic E-state index is 0.439. The minimum Gasteiger partial charge on any atom is -0.382 e. The summed E-state index contributed by atoms with van der Waals surface area (Å²) in [6.07, 6.45) is 1.77. The Hall–Kier alpha value is -1.38. The fraction of sp³-hybridized carbons (Fsp3) is 0.333. The SMILES string of the molecule is C=Nc1cc(C(C)C)cnc1N. The Morgan fingerprint density at radius 2 is 2.25 bits per heavy atom. The van der Waals surface area contributed by atoms with E-state index >= 15 is 0 Å². The second-order valence-electron chi connectivity index (χ2n) is 2.99. The van der Waals surface area contributed by atoms with Crippen molar-refractivity contribution >= 4 is 18.2 Å². The van der Waals surface area contributed by atoms with Crippen molar-refractivity contribution in [2.24, 2.45) is 4.99 Å². The maximum absolute atomic E-state index is 5.56. The second-order valence-corrected chi connectivity index (χ2v) is 2.99. The van der Waals surface area contributed by atoms with Gasteiger partial charge >= 0.3 is 0 Å². The molecule has 0 atom stereocenters. The first-order valence-electron chi connectivity index (χ1n) is 3.87. The summed E-state index contributed by atoms with van der Waals surface area (Å²) in [7, 11) is 0. The van der Waals surface area contributed by atoms with Gasteiger partial charge < -0.3 is 5.73 Å². The summed E-state index contributed by atoms with van der Waals surface area (Å²) in [6.45, 7) is 7.62. The van der Waals surface area contributed by atoms with Crippen LogP contribution in [0.3, 0.4) is 0 Å². The molecule has 0 amide bonds. The second kappa shape index (κ2) is 3.34. The van der Waals surface area contributed by atoms with Gasteiger partial charge in [0.15, 0.2) is 0 Å². The molecule has 12 heavy (non-hydrogen) atoms. The average Bonchev–Trinajstić information content (AvgIpc) is 2.05. The third-order valence-electron chi connectivity index (χ3n) is 1.76. The van der Waals surface area contributed by atoms with E-state index in [1.165, 1.54) is 0 Å². The molecule has 0 saturated carbocycles. The molecule has 0 bridgehead atoms. The maximum Gasteiger partial charge on any atom is 0.149 e. The zero-order valence-corrected chi connectivity index (χ0v) is 7.41. The summed E-state index contributed by atoms with van der Waals surface area (Å²) in [6, 6.07) is 1.92. The van der Waals surface area contributed by atoms with Crippen LogP contribution in [0, 0.1) is 0 Å². The number of pyridine rings is 1. The Morgan fingerprint density at radius 1 is 1.58 bits per heavy atom. The minimum atomic E-state index is 0.439. The number of nitrogen functional groups attached to an aromatic ring is 1. The van der Waals surface area contributed by atoms with Crippen LogP contribution in [0.4, 0.5) is 11.5 Å². The van der Waals surface area contributed by atoms with Crippen LogP contribution in [0.2, 0.25) is 0 Å². The standard InChI is InChI=1S/C9H13N3/c1-6(2)7-4-8(11-3)9(10)12-5-7/h4-6H,3H2,1-2H3,(H2,10,12). The van der Waals surface area contributed by atoms with Crippen LogP contribution in [-0.4, -0.2) is 11.7 Å². The molecule has 2 N–H and O–H groups in total. The van der Waals surface area contributed by atoms with E-state index in [1.54, 1.807) is 6.20 Å². The van der Waals surface area contributed by atoms with Gasteiger partial charge in [-0.05, 0) is 24.3 Å². The number of hydrogen-bond acceptors (Lipinski definition) is 3. The van der Waals surface area contributed by atoms with Gasteiger partial charge in [-0.15, -0.1) is 0 Å². The Balaban J connectivity index is 3.13. The molecule has 1 rings (SSSR count). The topological polar surface area (TPSA) is 51.3 Å². The third-order valence-corrected chi connectivity index (χ3v) is 1.76. The quantitative estimate of drug-likeness (QED) is 0.679. The average molecular weight is 163 g/mol. The first kappa shape index (κ1) is 8.71. The highest BCUT2D eigenvalue weighted by Crippen LogP contribution is 2.23. The predicted molar refractivity (Wildman–Crippen MR) is 51.9 cm³/mol. The third kappa shape index (κ3) is 1.61. The van der Waals surface area contributed by atoms with Gasteiger partial charge in [-0.2, -0.15) is 0 Å². The number of nitrogens with zero attached hydrogens (tertiary/aromatic N) is 2. The molecular formula is C9H13N3. The van der Waals surface area contributed by atoms with E-state index in [0.29, 0.717) is 17.4 Å². The van der Waals surface area contributed by atoms with Gasteiger partial charge in [0, 0.05) is 6.20 Å². The number of hydrogen-bond donors (Lipinski definition) is 1. The largest absolute Gasteiger partial charge is 0.382 e. The van der Waals surface area contributed by atoms with Gasteiger partial charge in [-0.25, -0.2) is 4.98 Å². The lowest BCUT2D eigenvalue weighted by molar-refractivity contribution is 0.859. The number of aliphatic imine (C=N–C) groups is 1. The van der Waals surface area contributed by atoms with Crippen molar-refractivity contribution in [3.8, 4) is 0 Å². The molecule has 64 valence electrons. The van der Waals surface area contributed by atoms with E-state index in [2.05, 4.69) is 30.5 Å². The Labute approximate surface area is 72.3 Å².